The number of benzene rings is 3. The van der Waals surface area contributed by atoms with E-state index in [0.717, 1.165) is 59.6 Å². The van der Waals surface area contributed by atoms with Crippen molar-refractivity contribution in [2.45, 2.75) is 38.6 Å². The van der Waals surface area contributed by atoms with Crippen LogP contribution in [0.4, 0.5) is 10.7 Å². The van der Waals surface area contributed by atoms with E-state index in [-0.39, 0.29) is 17.9 Å². The van der Waals surface area contributed by atoms with Crippen LogP contribution in [0, 0.1) is 5.92 Å². The molecule has 5 aromatic rings. The van der Waals surface area contributed by atoms with E-state index < -0.39 is 6.09 Å². The standard InChI is InChI=1S/C33H33N7O3/c1-2-34-33(42)43-26-13-14-27-28(19-26)40(30(37-27)24-12-9-21-6-3-4-7-23(21)18-24)29-15-16-35-32(38-29)36-25-8-5-17-39(20-25)31(41)22-10-11-22/h3-4,6-7,9,12-16,18-19,22,25H,2,5,8,10-11,17,20H2,1H3,(H,34,42)(H,35,36,38)/t25-/m0/s1. The quantitative estimate of drug-likeness (QED) is 0.261. The lowest BCUT2D eigenvalue weighted by atomic mass is 10.1. The Morgan fingerprint density at radius 2 is 1.84 bits per heavy atom. The second-order valence-corrected chi connectivity index (χ2v) is 11.2. The molecular formula is C33H33N7O3. The molecule has 43 heavy (non-hydrogen) atoms. The minimum atomic E-state index is -0.516. The van der Waals surface area contributed by atoms with Crippen molar-refractivity contribution in [1.82, 2.24) is 29.7 Å². The molecule has 2 aromatic heterocycles. The number of rotatable bonds is 7. The van der Waals surface area contributed by atoms with Gasteiger partial charge in [0.25, 0.3) is 0 Å². The van der Waals surface area contributed by atoms with Crippen LogP contribution in [-0.2, 0) is 4.79 Å². The molecule has 0 spiro atoms. The first kappa shape index (κ1) is 26.9. The number of fused-ring (bicyclic) bond motifs is 2. The van der Waals surface area contributed by atoms with Gasteiger partial charge in [0.05, 0.1) is 11.0 Å². The SMILES string of the molecule is CCNC(=O)Oc1ccc2nc(-c3ccc4ccccc4c3)n(-c3ccnc(N[C@H]4CCCN(C(=O)C5CC5)C4)n3)c2c1. The number of amides is 2. The molecule has 2 fully saturated rings. The Morgan fingerprint density at radius 3 is 2.67 bits per heavy atom. The van der Waals surface area contributed by atoms with Gasteiger partial charge in [-0.1, -0.05) is 36.4 Å². The van der Waals surface area contributed by atoms with Gasteiger partial charge in [0.15, 0.2) is 0 Å². The van der Waals surface area contributed by atoms with E-state index in [4.69, 9.17) is 14.7 Å². The van der Waals surface area contributed by atoms with E-state index >= 15 is 0 Å². The van der Waals surface area contributed by atoms with E-state index in [9.17, 15) is 9.59 Å². The summed E-state index contributed by atoms with van der Waals surface area (Å²) in [6.45, 7) is 3.77. The minimum Gasteiger partial charge on any atom is -0.410 e. The molecule has 1 atom stereocenters. The van der Waals surface area contributed by atoms with Crippen LogP contribution in [0.3, 0.4) is 0 Å². The van der Waals surface area contributed by atoms with Crippen LogP contribution in [0.2, 0.25) is 0 Å². The van der Waals surface area contributed by atoms with Gasteiger partial charge < -0.3 is 20.3 Å². The summed E-state index contributed by atoms with van der Waals surface area (Å²) < 4.78 is 7.51. The Balaban J connectivity index is 1.27. The van der Waals surface area contributed by atoms with Gasteiger partial charge in [0.2, 0.25) is 11.9 Å². The average Bonchev–Trinajstić information content (AvgIpc) is 3.81. The van der Waals surface area contributed by atoms with E-state index in [1.54, 1.807) is 18.3 Å². The number of likely N-dealkylation sites (tertiary alicyclic amines) is 1. The summed E-state index contributed by atoms with van der Waals surface area (Å²) in [6.07, 6.45) is 5.12. The zero-order chi connectivity index (χ0) is 29.3. The smallest absolute Gasteiger partial charge is 0.410 e. The summed E-state index contributed by atoms with van der Waals surface area (Å²) in [4.78, 5) is 41.3. The predicted molar refractivity (Wildman–Crippen MR) is 165 cm³/mol. The summed E-state index contributed by atoms with van der Waals surface area (Å²) in [7, 11) is 0. The summed E-state index contributed by atoms with van der Waals surface area (Å²) in [5, 5.41) is 8.39. The highest BCUT2D eigenvalue weighted by molar-refractivity contribution is 5.90. The molecule has 3 heterocycles. The first-order valence-electron chi connectivity index (χ1n) is 14.9. The van der Waals surface area contributed by atoms with Gasteiger partial charge in [-0.15, -0.1) is 0 Å². The van der Waals surface area contributed by atoms with Crippen molar-refractivity contribution in [3.8, 4) is 23.0 Å². The second-order valence-electron chi connectivity index (χ2n) is 11.2. The maximum atomic E-state index is 12.7. The normalized spacial score (nSPS) is 16.8. The molecule has 2 N–H and O–H groups in total. The Morgan fingerprint density at radius 1 is 0.977 bits per heavy atom. The lowest BCUT2D eigenvalue weighted by molar-refractivity contribution is -0.133. The number of hydrogen-bond acceptors (Lipinski definition) is 7. The highest BCUT2D eigenvalue weighted by Gasteiger charge is 2.35. The summed E-state index contributed by atoms with van der Waals surface area (Å²) in [5.41, 5.74) is 2.41. The molecule has 1 saturated carbocycles. The number of piperidine rings is 1. The third-order valence-electron chi connectivity index (χ3n) is 8.03. The lowest BCUT2D eigenvalue weighted by Crippen LogP contribution is -2.45. The monoisotopic (exact) mass is 575 g/mol. The average molecular weight is 576 g/mol. The molecule has 1 aliphatic heterocycles. The number of nitrogens with one attached hydrogen (secondary N) is 2. The third kappa shape index (κ3) is 5.60. The van der Waals surface area contributed by atoms with Crippen LogP contribution in [0.15, 0.2) is 72.9 Å². The van der Waals surface area contributed by atoms with Gasteiger partial charge in [0, 0.05) is 49.4 Å². The molecule has 1 saturated heterocycles. The van der Waals surface area contributed by atoms with Gasteiger partial charge in [-0.05, 0) is 67.6 Å². The number of ether oxygens (including phenoxy) is 1. The van der Waals surface area contributed by atoms with Crippen LogP contribution in [0.25, 0.3) is 39.0 Å². The van der Waals surface area contributed by atoms with Crippen molar-refractivity contribution in [3.63, 3.8) is 0 Å². The van der Waals surface area contributed by atoms with Crippen LogP contribution in [-0.4, -0.2) is 62.1 Å². The van der Waals surface area contributed by atoms with E-state index in [1.807, 2.05) is 40.7 Å². The Bertz CT molecular complexity index is 1830. The van der Waals surface area contributed by atoms with Crippen LogP contribution >= 0.6 is 0 Å². The minimum absolute atomic E-state index is 0.0725. The number of imidazole rings is 1. The highest BCUT2D eigenvalue weighted by atomic mass is 16.6. The van der Waals surface area contributed by atoms with Crippen molar-refractivity contribution in [1.29, 1.82) is 0 Å². The topological polar surface area (TPSA) is 114 Å². The number of carbonyl (C=O) groups excluding carboxylic acids is 2. The zero-order valence-electron chi connectivity index (χ0n) is 24.0. The van der Waals surface area contributed by atoms with Crippen LogP contribution in [0.5, 0.6) is 5.75 Å². The summed E-state index contributed by atoms with van der Waals surface area (Å²) >= 11 is 0. The lowest BCUT2D eigenvalue weighted by Gasteiger charge is -2.33. The second kappa shape index (κ2) is 11.4. The molecule has 7 rings (SSSR count). The first-order chi connectivity index (χ1) is 21.1. The highest BCUT2D eigenvalue weighted by Crippen LogP contribution is 2.33. The largest absolute Gasteiger partial charge is 0.412 e. The summed E-state index contributed by atoms with van der Waals surface area (Å²) in [6, 6.07) is 21.8. The van der Waals surface area contributed by atoms with Crippen LogP contribution < -0.4 is 15.4 Å². The molecule has 0 bridgehead atoms. The van der Waals surface area contributed by atoms with E-state index in [0.29, 0.717) is 36.4 Å². The number of anilines is 1. The van der Waals surface area contributed by atoms with Crippen molar-refractivity contribution >= 4 is 39.8 Å². The van der Waals surface area contributed by atoms with Gasteiger partial charge in [-0.3, -0.25) is 9.36 Å². The molecule has 0 radical (unpaired) electrons. The Hall–Kier alpha value is -4.99. The van der Waals surface area contributed by atoms with Crippen LogP contribution in [0.1, 0.15) is 32.6 Å². The van der Waals surface area contributed by atoms with Crippen molar-refractivity contribution in [3.05, 3.63) is 72.9 Å². The van der Waals surface area contributed by atoms with E-state index in [2.05, 4.69) is 45.9 Å². The summed E-state index contributed by atoms with van der Waals surface area (Å²) in [5.74, 6) is 2.71. The van der Waals surface area contributed by atoms with Gasteiger partial charge >= 0.3 is 6.09 Å². The number of carbonyl (C=O) groups is 2. The molecule has 10 nitrogen and oxygen atoms in total. The van der Waals surface area contributed by atoms with Crippen molar-refractivity contribution in [2.75, 3.05) is 25.0 Å². The molecule has 10 heteroatoms. The molecular weight excluding hydrogens is 542 g/mol. The number of nitrogens with zero attached hydrogens (tertiary/aromatic N) is 5. The third-order valence-corrected chi connectivity index (χ3v) is 8.03. The fourth-order valence-corrected chi connectivity index (χ4v) is 5.77. The Kier molecular flexibility index (Phi) is 7.10. The van der Waals surface area contributed by atoms with Gasteiger partial charge in [-0.25, -0.2) is 14.8 Å². The molecule has 2 amide bonds. The van der Waals surface area contributed by atoms with Crippen molar-refractivity contribution in [2.24, 2.45) is 5.92 Å². The molecule has 3 aromatic carbocycles. The maximum Gasteiger partial charge on any atom is 0.412 e. The van der Waals surface area contributed by atoms with Gasteiger partial charge in [-0.2, -0.15) is 4.98 Å². The predicted octanol–water partition coefficient (Wildman–Crippen LogP) is 5.56. The molecule has 1 aliphatic carbocycles. The number of aromatic nitrogens is 4. The molecule has 0 unspecified atom stereocenters. The maximum absolute atomic E-state index is 12.7. The fourth-order valence-electron chi connectivity index (χ4n) is 5.77. The van der Waals surface area contributed by atoms with Gasteiger partial charge in [0.1, 0.15) is 17.4 Å². The number of hydrogen-bond donors (Lipinski definition) is 2. The molecule has 2 aliphatic rings. The van der Waals surface area contributed by atoms with Crippen molar-refractivity contribution < 1.29 is 14.3 Å². The molecule has 218 valence electrons. The zero-order valence-corrected chi connectivity index (χ0v) is 24.0. The van der Waals surface area contributed by atoms with E-state index in [1.165, 1.54) is 0 Å². The Labute approximate surface area is 249 Å². The first-order valence-corrected chi connectivity index (χ1v) is 14.9. The fraction of sp³-hybridized carbons (Fsp3) is 0.303.